The van der Waals surface area contributed by atoms with Crippen LogP contribution in [-0.4, -0.2) is 11.8 Å². The molecule has 2 aromatic rings. The first kappa shape index (κ1) is 17.1. The normalized spacial score (nSPS) is 14.7. The number of aryl methyl sites for hydroxylation is 1. The van der Waals surface area contributed by atoms with Gasteiger partial charge in [-0.15, -0.1) is 0 Å². The summed E-state index contributed by atoms with van der Waals surface area (Å²) >= 11 is 0. The highest BCUT2D eigenvalue weighted by Gasteiger charge is 2.56. The first-order valence-electron chi connectivity index (χ1n) is 8.02. The number of anilines is 1. The van der Waals surface area contributed by atoms with Crippen LogP contribution in [0.15, 0.2) is 42.5 Å². The minimum Gasteiger partial charge on any atom is -0.351 e. The second-order valence-corrected chi connectivity index (χ2v) is 6.30. The predicted octanol–water partition coefficient (Wildman–Crippen LogP) is 3.31. The lowest BCUT2D eigenvalue weighted by atomic mass is 10.0. The van der Waals surface area contributed by atoms with Gasteiger partial charge in [0.2, 0.25) is 11.8 Å². The molecular formula is C19H18F2N2O2. The fourth-order valence-electron chi connectivity index (χ4n) is 2.59. The van der Waals surface area contributed by atoms with Gasteiger partial charge in [-0.2, -0.15) is 0 Å². The van der Waals surface area contributed by atoms with Gasteiger partial charge in [0.15, 0.2) is 0 Å². The summed E-state index contributed by atoms with van der Waals surface area (Å²) in [4.78, 5) is 24.8. The summed E-state index contributed by atoms with van der Waals surface area (Å²) in [7, 11) is 0. The largest absolute Gasteiger partial charge is 0.351 e. The van der Waals surface area contributed by atoms with E-state index < -0.39 is 34.6 Å². The molecule has 1 aliphatic rings. The number of nitrogens with one attached hydrogen (secondary N) is 2. The van der Waals surface area contributed by atoms with Crippen LogP contribution in [0.25, 0.3) is 0 Å². The van der Waals surface area contributed by atoms with Crippen LogP contribution in [0.5, 0.6) is 0 Å². The van der Waals surface area contributed by atoms with Crippen molar-refractivity contribution in [3.05, 3.63) is 65.2 Å². The maximum absolute atomic E-state index is 13.7. The number of halogens is 2. The van der Waals surface area contributed by atoms with Crippen LogP contribution in [0.4, 0.5) is 14.5 Å². The van der Waals surface area contributed by atoms with Crippen LogP contribution in [0.3, 0.4) is 0 Å². The Bertz CT molecular complexity index is 794. The highest BCUT2D eigenvalue weighted by molar-refractivity contribution is 6.13. The molecule has 2 amide bonds. The molecule has 3 rings (SSSR count). The van der Waals surface area contributed by atoms with Gasteiger partial charge in [-0.1, -0.05) is 35.9 Å². The molecule has 0 atom stereocenters. The number of hydrogen-bond acceptors (Lipinski definition) is 2. The zero-order valence-corrected chi connectivity index (χ0v) is 13.7. The van der Waals surface area contributed by atoms with Crippen LogP contribution in [0, 0.1) is 24.0 Å². The van der Waals surface area contributed by atoms with E-state index in [0.717, 1.165) is 23.3 Å². The number of rotatable bonds is 5. The van der Waals surface area contributed by atoms with Gasteiger partial charge < -0.3 is 10.6 Å². The minimum atomic E-state index is -1.25. The summed E-state index contributed by atoms with van der Waals surface area (Å²) in [6, 6.07) is 11.0. The first-order valence-corrected chi connectivity index (χ1v) is 8.02. The Balaban J connectivity index is 1.65. The molecule has 0 aliphatic heterocycles. The fourth-order valence-corrected chi connectivity index (χ4v) is 2.59. The van der Waals surface area contributed by atoms with Crippen molar-refractivity contribution in [3.63, 3.8) is 0 Å². The number of benzene rings is 2. The molecule has 0 heterocycles. The van der Waals surface area contributed by atoms with Crippen molar-refractivity contribution in [1.29, 1.82) is 0 Å². The van der Waals surface area contributed by atoms with Crippen molar-refractivity contribution < 1.29 is 18.4 Å². The smallest absolute Gasteiger partial charge is 0.240 e. The maximum atomic E-state index is 13.7. The first-order chi connectivity index (χ1) is 11.9. The number of amides is 2. The zero-order chi connectivity index (χ0) is 18.0. The van der Waals surface area contributed by atoms with Crippen molar-refractivity contribution in [1.82, 2.24) is 5.32 Å². The summed E-state index contributed by atoms with van der Waals surface area (Å²) in [5.74, 6) is -2.85. The average molecular weight is 344 g/mol. The van der Waals surface area contributed by atoms with Crippen LogP contribution >= 0.6 is 0 Å². The molecule has 0 unspecified atom stereocenters. The Labute approximate surface area is 144 Å². The van der Waals surface area contributed by atoms with Gasteiger partial charge >= 0.3 is 0 Å². The Kier molecular flexibility index (Phi) is 4.53. The van der Waals surface area contributed by atoms with E-state index >= 15 is 0 Å². The highest BCUT2D eigenvalue weighted by atomic mass is 19.1. The molecule has 1 fully saturated rings. The Morgan fingerprint density at radius 3 is 2.16 bits per heavy atom. The van der Waals surface area contributed by atoms with Crippen LogP contribution in [-0.2, 0) is 16.1 Å². The molecule has 0 bridgehead atoms. The number of carbonyl (C=O) groups is 2. The van der Waals surface area contributed by atoms with E-state index in [9.17, 15) is 18.4 Å². The number of carbonyl (C=O) groups excluding carboxylic acids is 2. The van der Waals surface area contributed by atoms with Crippen LogP contribution in [0.2, 0.25) is 0 Å². The molecule has 2 N–H and O–H groups in total. The molecule has 0 aromatic heterocycles. The van der Waals surface area contributed by atoms with E-state index in [0.29, 0.717) is 19.4 Å². The third-order valence-corrected chi connectivity index (χ3v) is 4.39. The SMILES string of the molecule is Cc1ccc(CNC(=O)C2(C(=O)Nc3c(F)cccc3F)CC2)cc1. The van der Waals surface area contributed by atoms with Crippen molar-refractivity contribution >= 4 is 17.5 Å². The Morgan fingerprint density at radius 1 is 1.00 bits per heavy atom. The molecule has 0 saturated heterocycles. The third-order valence-electron chi connectivity index (χ3n) is 4.39. The van der Waals surface area contributed by atoms with Gasteiger partial charge in [-0.25, -0.2) is 8.78 Å². The topological polar surface area (TPSA) is 58.2 Å². The van der Waals surface area contributed by atoms with Gasteiger partial charge in [-0.3, -0.25) is 9.59 Å². The second kappa shape index (κ2) is 6.63. The summed E-state index contributed by atoms with van der Waals surface area (Å²) in [5, 5.41) is 4.95. The molecule has 1 aliphatic carbocycles. The van der Waals surface area contributed by atoms with E-state index in [1.165, 1.54) is 6.07 Å². The minimum absolute atomic E-state index is 0.294. The molecule has 25 heavy (non-hydrogen) atoms. The highest BCUT2D eigenvalue weighted by Crippen LogP contribution is 2.47. The lowest BCUT2D eigenvalue weighted by Gasteiger charge is -2.16. The van der Waals surface area contributed by atoms with Crippen molar-refractivity contribution in [3.8, 4) is 0 Å². The molecule has 4 nitrogen and oxygen atoms in total. The average Bonchev–Trinajstić information content (AvgIpc) is 3.39. The van der Waals surface area contributed by atoms with E-state index in [4.69, 9.17) is 0 Å². The van der Waals surface area contributed by atoms with Crippen LogP contribution < -0.4 is 10.6 Å². The molecule has 130 valence electrons. The molecule has 1 saturated carbocycles. The monoisotopic (exact) mass is 344 g/mol. The van der Waals surface area contributed by atoms with E-state index in [-0.39, 0.29) is 0 Å². The molecule has 0 radical (unpaired) electrons. The van der Waals surface area contributed by atoms with Crippen LogP contribution in [0.1, 0.15) is 24.0 Å². The zero-order valence-electron chi connectivity index (χ0n) is 13.7. The Hall–Kier alpha value is -2.76. The summed E-state index contributed by atoms with van der Waals surface area (Å²) in [5.41, 5.74) is 0.250. The van der Waals surface area contributed by atoms with E-state index in [2.05, 4.69) is 10.6 Å². The van der Waals surface area contributed by atoms with Gasteiger partial charge in [0.25, 0.3) is 0 Å². The van der Waals surface area contributed by atoms with Gasteiger partial charge in [0.1, 0.15) is 22.7 Å². The van der Waals surface area contributed by atoms with Gasteiger partial charge in [0, 0.05) is 6.54 Å². The predicted molar refractivity (Wildman–Crippen MR) is 89.7 cm³/mol. The number of hydrogen-bond donors (Lipinski definition) is 2. The summed E-state index contributed by atoms with van der Waals surface area (Å²) in [6.07, 6.45) is 0.712. The molecule has 2 aromatic carbocycles. The lowest BCUT2D eigenvalue weighted by molar-refractivity contribution is -0.134. The van der Waals surface area contributed by atoms with Gasteiger partial charge in [-0.05, 0) is 37.5 Å². The second-order valence-electron chi connectivity index (χ2n) is 6.30. The standard InChI is InChI=1S/C19H18F2N2O2/c1-12-5-7-13(8-6-12)11-22-17(24)19(9-10-19)18(25)23-16-14(20)3-2-4-15(16)21/h2-8H,9-11H2,1H3,(H,22,24)(H,23,25). The number of para-hydroxylation sites is 1. The molecular weight excluding hydrogens is 326 g/mol. The third kappa shape index (κ3) is 3.52. The van der Waals surface area contributed by atoms with Crippen molar-refractivity contribution in [2.75, 3.05) is 5.32 Å². The quantitative estimate of drug-likeness (QED) is 0.818. The van der Waals surface area contributed by atoms with Gasteiger partial charge in [0.05, 0.1) is 0 Å². The van der Waals surface area contributed by atoms with Crippen molar-refractivity contribution in [2.45, 2.75) is 26.3 Å². The lowest BCUT2D eigenvalue weighted by Crippen LogP contribution is -2.39. The molecule has 0 spiro atoms. The molecule has 6 heteroatoms. The van der Waals surface area contributed by atoms with E-state index in [1.54, 1.807) is 0 Å². The Morgan fingerprint density at radius 2 is 1.60 bits per heavy atom. The maximum Gasteiger partial charge on any atom is 0.240 e. The van der Waals surface area contributed by atoms with E-state index in [1.807, 2.05) is 31.2 Å². The van der Waals surface area contributed by atoms with Crippen molar-refractivity contribution in [2.24, 2.45) is 5.41 Å². The fraction of sp³-hybridized carbons (Fsp3) is 0.263. The summed E-state index contributed by atoms with van der Waals surface area (Å²) in [6.45, 7) is 2.26. The summed E-state index contributed by atoms with van der Waals surface area (Å²) < 4.78 is 27.3.